The van der Waals surface area contributed by atoms with Gasteiger partial charge in [-0.3, -0.25) is 25.0 Å². The number of nitrogens with one attached hydrogen (secondary N) is 2. The van der Waals surface area contributed by atoms with Gasteiger partial charge in [0.15, 0.2) is 5.36 Å². The standard InChI is InChI=1S/C20H16N4O7S/c1-11-10-12(32(29,30)31)6-7-14(11)21-23-16-8-9-17(25)18(19(16)26)24-22-15-5-3-2-4-13(15)20(27)28/h2-10,21-22H,1H3,(H,27,28)(H,29,30,31). The first-order valence-corrected chi connectivity index (χ1v) is 10.4. The maximum Gasteiger partial charge on any atom is 0.337 e. The number of hydrogen-bond donors (Lipinski definition) is 4. The lowest BCUT2D eigenvalue weighted by molar-refractivity contribution is 0.0698. The molecule has 4 N–H and O–H groups in total. The fourth-order valence-corrected chi connectivity index (χ4v) is 3.23. The number of para-hydroxylation sites is 1. The largest absolute Gasteiger partial charge is 0.478 e. The third-order valence-corrected chi connectivity index (χ3v) is 5.16. The molecule has 0 saturated carbocycles. The van der Waals surface area contributed by atoms with Crippen molar-refractivity contribution >= 4 is 27.5 Å². The Morgan fingerprint density at radius 1 is 0.938 bits per heavy atom. The lowest BCUT2D eigenvalue weighted by Gasteiger charge is -2.06. The molecule has 32 heavy (non-hydrogen) atoms. The average molecular weight is 456 g/mol. The molecule has 0 saturated heterocycles. The zero-order valence-electron chi connectivity index (χ0n) is 16.4. The minimum absolute atomic E-state index is 0.0915. The van der Waals surface area contributed by atoms with Crippen molar-refractivity contribution in [2.24, 2.45) is 10.2 Å². The molecule has 3 aromatic rings. The zero-order chi connectivity index (χ0) is 23.5. The second kappa shape index (κ2) is 8.91. The Bertz CT molecular complexity index is 1540. The van der Waals surface area contributed by atoms with Crippen molar-refractivity contribution < 1.29 is 22.9 Å². The lowest BCUT2D eigenvalue weighted by atomic mass is 10.2. The molecule has 0 fully saturated rings. The average Bonchev–Trinajstić information content (AvgIpc) is 2.73. The second-order valence-corrected chi connectivity index (χ2v) is 7.93. The van der Waals surface area contributed by atoms with Gasteiger partial charge >= 0.3 is 5.97 Å². The minimum Gasteiger partial charge on any atom is -0.478 e. The summed E-state index contributed by atoms with van der Waals surface area (Å²) in [6.45, 7) is 1.57. The van der Waals surface area contributed by atoms with Crippen LogP contribution >= 0.6 is 0 Å². The molecule has 0 spiro atoms. The topological polar surface area (TPSA) is 175 Å². The summed E-state index contributed by atoms with van der Waals surface area (Å²) in [4.78, 5) is 35.7. The second-order valence-electron chi connectivity index (χ2n) is 6.51. The number of carboxylic acid groups (broad SMARTS) is 1. The third kappa shape index (κ3) is 4.94. The van der Waals surface area contributed by atoms with Crippen molar-refractivity contribution in [3.63, 3.8) is 0 Å². The number of rotatable bonds is 6. The molecular formula is C20H16N4O7S. The highest BCUT2D eigenvalue weighted by atomic mass is 32.2. The van der Waals surface area contributed by atoms with Crippen LogP contribution in [-0.4, -0.2) is 24.0 Å². The molecule has 0 amide bonds. The van der Waals surface area contributed by atoms with Crippen LogP contribution in [0.4, 0.5) is 11.4 Å². The van der Waals surface area contributed by atoms with Gasteiger partial charge in [-0.15, -0.1) is 0 Å². The number of carboxylic acids is 1. The van der Waals surface area contributed by atoms with Crippen LogP contribution in [-0.2, 0) is 10.1 Å². The molecule has 0 aromatic heterocycles. The fraction of sp³-hybridized carbons (Fsp3) is 0.0500. The Morgan fingerprint density at radius 3 is 2.28 bits per heavy atom. The summed E-state index contributed by atoms with van der Waals surface area (Å²) in [6.07, 6.45) is 0. The van der Waals surface area contributed by atoms with Crippen molar-refractivity contribution in [3.05, 3.63) is 96.9 Å². The van der Waals surface area contributed by atoms with E-state index in [0.717, 1.165) is 12.1 Å². The molecule has 0 aliphatic heterocycles. The van der Waals surface area contributed by atoms with E-state index in [1.807, 2.05) is 0 Å². The SMILES string of the molecule is Cc1cc(S(=O)(=O)O)ccc1NN=c1ccc(=O)c(=NNc2ccccc2C(=O)O)c1=O. The van der Waals surface area contributed by atoms with E-state index in [4.69, 9.17) is 4.55 Å². The molecule has 0 atom stereocenters. The first-order valence-electron chi connectivity index (χ1n) is 8.93. The minimum atomic E-state index is -4.36. The zero-order valence-corrected chi connectivity index (χ0v) is 17.3. The number of aromatic carboxylic acids is 1. The fourth-order valence-electron chi connectivity index (χ4n) is 2.66. The van der Waals surface area contributed by atoms with E-state index in [1.54, 1.807) is 13.0 Å². The summed E-state index contributed by atoms with van der Waals surface area (Å²) in [7, 11) is -4.36. The molecule has 12 heteroatoms. The summed E-state index contributed by atoms with van der Waals surface area (Å²) < 4.78 is 31.5. The Kier molecular flexibility index (Phi) is 6.27. The Hall–Kier alpha value is -4.16. The number of carbonyl (C=O) groups is 1. The normalized spacial score (nSPS) is 12.6. The summed E-state index contributed by atoms with van der Waals surface area (Å²) in [6, 6.07) is 11.8. The van der Waals surface area contributed by atoms with Crippen LogP contribution < -0.4 is 32.4 Å². The van der Waals surface area contributed by atoms with Crippen molar-refractivity contribution in [2.75, 3.05) is 10.9 Å². The highest BCUT2D eigenvalue weighted by Crippen LogP contribution is 2.19. The van der Waals surface area contributed by atoms with E-state index in [0.29, 0.717) is 11.3 Å². The molecular weight excluding hydrogens is 440 g/mol. The Morgan fingerprint density at radius 2 is 1.62 bits per heavy atom. The quantitative estimate of drug-likeness (QED) is 0.302. The molecule has 0 aliphatic rings. The predicted octanol–water partition coefficient (Wildman–Crippen LogP) is 0.392. The van der Waals surface area contributed by atoms with Gasteiger partial charge in [-0.1, -0.05) is 12.1 Å². The van der Waals surface area contributed by atoms with Crippen molar-refractivity contribution in [2.45, 2.75) is 11.8 Å². The first-order chi connectivity index (χ1) is 15.1. The van der Waals surface area contributed by atoms with E-state index >= 15 is 0 Å². The van der Waals surface area contributed by atoms with Crippen molar-refractivity contribution in [1.29, 1.82) is 0 Å². The Balaban J connectivity index is 1.98. The van der Waals surface area contributed by atoms with E-state index in [9.17, 15) is 27.9 Å². The first kappa shape index (κ1) is 22.5. The summed E-state index contributed by atoms with van der Waals surface area (Å²) in [5, 5.41) is 16.3. The van der Waals surface area contributed by atoms with Gasteiger partial charge in [0.25, 0.3) is 10.1 Å². The molecule has 164 valence electrons. The van der Waals surface area contributed by atoms with E-state index in [1.165, 1.54) is 36.4 Å². The summed E-state index contributed by atoms with van der Waals surface area (Å²) in [5.74, 6) is -1.21. The van der Waals surface area contributed by atoms with Crippen LogP contribution in [0, 0.1) is 6.92 Å². The van der Waals surface area contributed by atoms with Gasteiger partial charge in [0.1, 0.15) is 5.36 Å². The maximum atomic E-state index is 12.6. The number of aryl methyl sites for hydroxylation is 1. The van der Waals surface area contributed by atoms with Gasteiger partial charge in [0, 0.05) is 0 Å². The maximum absolute atomic E-state index is 12.6. The molecule has 0 radical (unpaired) electrons. The van der Waals surface area contributed by atoms with Gasteiger partial charge in [0.05, 0.1) is 21.8 Å². The van der Waals surface area contributed by atoms with Gasteiger partial charge < -0.3 is 5.11 Å². The number of hydrogen-bond acceptors (Lipinski definition) is 9. The molecule has 3 rings (SSSR count). The smallest absolute Gasteiger partial charge is 0.337 e. The van der Waals surface area contributed by atoms with Crippen LogP contribution in [0.5, 0.6) is 0 Å². The summed E-state index contributed by atoms with van der Waals surface area (Å²) >= 11 is 0. The van der Waals surface area contributed by atoms with Gasteiger partial charge in [-0.25, -0.2) is 4.79 Å². The van der Waals surface area contributed by atoms with Crippen LogP contribution in [0.25, 0.3) is 0 Å². The predicted molar refractivity (Wildman–Crippen MR) is 114 cm³/mol. The number of nitrogens with zero attached hydrogens (tertiary/aromatic N) is 2. The monoisotopic (exact) mass is 456 g/mol. The van der Waals surface area contributed by atoms with Crippen LogP contribution in [0.3, 0.4) is 0 Å². The molecule has 0 heterocycles. The summed E-state index contributed by atoms with van der Waals surface area (Å²) in [5.41, 5.74) is 4.30. The Labute approximate surface area is 180 Å². The molecule has 0 unspecified atom stereocenters. The third-order valence-electron chi connectivity index (χ3n) is 4.31. The van der Waals surface area contributed by atoms with Gasteiger partial charge in [0.2, 0.25) is 10.9 Å². The number of benzene rings is 3. The molecule has 0 bridgehead atoms. The lowest BCUT2D eigenvalue weighted by Crippen LogP contribution is -2.48. The van der Waals surface area contributed by atoms with Gasteiger partial charge in [-0.05, 0) is 55.0 Å². The van der Waals surface area contributed by atoms with Gasteiger partial charge in [-0.2, -0.15) is 18.6 Å². The highest BCUT2D eigenvalue weighted by Gasteiger charge is 2.11. The van der Waals surface area contributed by atoms with Crippen molar-refractivity contribution in [1.82, 2.24) is 0 Å². The van der Waals surface area contributed by atoms with Crippen LogP contribution in [0.2, 0.25) is 0 Å². The van der Waals surface area contributed by atoms with Crippen molar-refractivity contribution in [3.8, 4) is 0 Å². The molecule has 11 nitrogen and oxygen atoms in total. The highest BCUT2D eigenvalue weighted by molar-refractivity contribution is 7.85. The molecule has 3 aromatic carbocycles. The molecule has 0 aliphatic carbocycles. The van der Waals surface area contributed by atoms with Crippen LogP contribution in [0.1, 0.15) is 15.9 Å². The number of anilines is 2. The van der Waals surface area contributed by atoms with Crippen LogP contribution in [0.15, 0.2) is 79.3 Å². The van der Waals surface area contributed by atoms with E-state index in [-0.39, 0.29) is 21.5 Å². The van der Waals surface area contributed by atoms with E-state index < -0.39 is 32.3 Å². The van der Waals surface area contributed by atoms with E-state index in [2.05, 4.69) is 21.1 Å².